The molecule has 1 aliphatic rings. The molecular formula is C18H19NO4S. The van der Waals surface area contributed by atoms with Crippen LogP contribution < -0.4 is 5.73 Å². The third kappa shape index (κ3) is 2.34. The largest absolute Gasteiger partial charge is 0.481 e. The first-order chi connectivity index (χ1) is 11.4. The van der Waals surface area contributed by atoms with E-state index in [0.29, 0.717) is 5.56 Å². The quantitative estimate of drug-likeness (QED) is 0.863. The Morgan fingerprint density at radius 1 is 1.12 bits per heavy atom. The van der Waals surface area contributed by atoms with E-state index in [0.717, 1.165) is 5.56 Å². The lowest BCUT2D eigenvalue weighted by molar-refractivity contribution is -0.143. The second-order valence-corrected chi connectivity index (χ2v) is 8.29. The van der Waals surface area contributed by atoms with Gasteiger partial charge in [-0.05, 0) is 24.6 Å². The van der Waals surface area contributed by atoms with Crippen molar-refractivity contribution in [2.75, 3.05) is 6.54 Å². The van der Waals surface area contributed by atoms with E-state index >= 15 is 0 Å². The van der Waals surface area contributed by atoms with Crippen molar-refractivity contribution >= 4 is 15.8 Å². The zero-order valence-corrected chi connectivity index (χ0v) is 14.0. The SMILES string of the molecule is Cc1ccc(S(=O)(=O)[C@@H]2[C@@H](c3ccccc3)[C@]2(CN)C(=O)O)cc1. The zero-order chi connectivity index (χ0) is 17.5. The van der Waals surface area contributed by atoms with E-state index in [2.05, 4.69) is 0 Å². The molecule has 5 nitrogen and oxygen atoms in total. The van der Waals surface area contributed by atoms with Crippen LogP contribution in [0.25, 0.3) is 0 Å². The van der Waals surface area contributed by atoms with E-state index in [-0.39, 0.29) is 11.4 Å². The summed E-state index contributed by atoms with van der Waals surface area (Å²) in [5.74, 6) is -1.81. The number of hydrogen-bond acceptors (Lipinski definition) is 4. The number of rotatable bonds is 5. The maximum atomic E-state index is 13.0. The van der Waals surface area contributed by atoms with Crippen LogP contribution in [0.4, 0.5) is 0 Å². The molecule has 2 aromatic rings. The minimum absolute atomic E-state index is 0.135. The lowest BCUT2D eigenvalue weighted by Gasteiger charge is -2.10. The van der Waals surface area contributed by atoms with Crippen LogP contribution >= 0.6 is 0 Å². The summed E-state index contributed by atoms with van der Waals surface area (Å²) in [5, 5.41) is 8.66. The van der Waals surface area contributed by atoms with Crippen molar-refractivity contribution in [1.29, 1.82) is 0 Å². The predicted octanol–water partition coefficient (Wildman–Crippen LogP) is 1.96. The predicted molar refractivity (Wildman–Crippen MR) is 90.5 cm³/mol. The van der Waals surface area contributed by atoms with E-state index in [1.807, 2.05) is 6.92 Å². The van der Waals surface area contributed by atoms with Crippen LogP contribution in [-0.4, -0.2) is 31.3 Å². The van der Waals surface area contributed by atoms with Crippen molar-refractivity contribution in [2.45, 2.75) is 23.0 Å². The molecule has 3 N–H and O–H groups in total. The molecule has 0 radical (unpaired) electrons. The molecule has 3 rings (SSSR count). The fourth-order valence-electron chi connectivity index (χ4n) is 3.45. The highest BCUT2D eigenvalue weighted by Gasteiger charge is 2.75. The Labute approximate surface area is 141 Å². The van der Waals surface area contributed by atoms with Crippen molar-refractivity contribution in [3.8, 4) is 0 Å². The highest BCUT2D eigenvalue weighted by atomic mass is 32.2. The van der Waals surface area contributed by atoms with Gasteiger partial charge in [0.2, 0.25) is 0 Å². The van der Waals surface area contributed by atoms with Gasteiger partial charge in [-0.1, -0.05) is 48.0 Å². The van der Waals surface area contributed by atoms with Gasteiger partial charge in [-0.25, -0.2) is 8.42 Å². The Bertz CT molecular complexity index is 862. The van der Waals surface area contributed by atoms with Crippen molar-refractivity contribution in [3.63, 3.8) is 0 Å². The topological polar surface area (TPSA) is 97.5 Å². The van der Waals surface area contributed by atoms with Gasteiger partial charge in [0.05, 0.1) is 10.1 Å². The van der Waals surface area contributed by atoms with Crippen LogP contribution in [0.3, 0.4) is 0 Å². The Balaban J connectivity index is 2.11. The fraction of sp³-hybridized carbons (Fsp3) is 0.278. The molecular weight excluding hydrogens is 326 g/mol. The van der Waals surface area contributed by atoms with Crippen LogP contribution in [-0.2, 0) is 14.6 Å². The maximum Gasteiger partial charge on any atom is 0.312 e. The molecule has 0 bridgehead atoms. The van der Waals surface area contributed by atoms with Crippen molar-refractivity contribution < 1.29 is 18.3 Å². The summed E-state index contributed by atoms with van der Waals surface area (Å²) in [6.45, 7) is 1.64. The standard InChI is InChI=1S/C18H19NO4S/c1-12-7-9-14(10-8-12)24(22,23)16-15(13-5-3-2-4-6-13)18(16,11-19)17(20)21/h2-10,15-16H,11,19H2,1H3,(H,20,21)/t15-,16-,18+/m1/s1. The zero-order valence-electron chi connectivity index (χ0n) is 13.2. The number of carboxylic acid groups (broad SMARTS) is 1. The van der Waals surface area contributed by atoms with Gasteiger partial charge in [0.1, 0.15) is 5.41 Å². The highest BCUT2D eigenvalue weighted by Crippen LogP contribution is 2.63. The first-order valence-electron chi connectivity index (χ1n) is 7.64. The monoisotopic (exact) mass is 345 g/mol. The number of hydrogen-bond donors (Lipinski definition) is 2. The van der Waals surface area contributed by atoms with Crippen LogP contribution in [0.2, 0.25) is 0 Å². The molecule has 126 valence electrons. The molecule has 3 atom stereocenters. The molecule has 0 heterocycles. The smallest absolute Gasteiger partial charge is 0.312 e. The molecule has 6 heteroatoms. The number of carboxylic acids is 1. The van der Waals surface area contributed by atoms with Gasteiger partial charge >= 0.3 is 5.97 Å². The van der Waals surface area contributed by atoms with Crippen molar-refractivity contribution in [1.82, 2.24) is 0 Å². The van der Waals surface area contributed by atoms with Gasteiger partial charge in [0, 0.05) is 12.5 Å². The molecule has 0 amide bonds. The second-order valence-electron chi connectivity index (χ2n) is 6.22. The number of sulfone groups is 1. The minimum Gasteiger partial charge on any atom is -0.481 e. The second kappa shape index (κ2) is 5.72. The van der Waals surface area contributed by atoms with Gasteiger partial charge < -0.3 is 10.8 Å². The number of carbonyl (C=O) groups is 1. The summed E-state index contributed by atoms with van der Waals surface area (Å²) in [5.41, 5.74) is 5.88. The van der Waals surface area contributed by atoms with E-state index in [4.69, 9.17) is 5.73 Å². The first kappa shape index (κ1) is 16.7. The summed E-state index contributed by atoms with van der Waals surface area (Å²) in [6, 6.07) is 15.3. The molecule has 2 aromatic carbocycles. The maximum absolute atomic E-state index is 13.0. The van der Waals surface area contributed by atoms with Gasteiger partial charge in [-0.2, -0.15) is 0 Å². The Morgan fingerprint density at radius 3 is 2.21 bits per heavy atom. The minimum atomic E-state index is -3.81. The molecule has 1 aliphatic carbocycles. The number of aryl methyl sites for hydroxylation is 1. The first-order valence-corrected chi connectivity index (χ1v) is 9.19. The third-order valence-electron chi connectivity index (χ3n) is 4.83. The normalized spacial score (nSPS) is 26.1. The van der Waals surface area contributed by atoms with Crippen molar-refractivity contribution in [2.24, 2.45) is 11.1 Å². The third-order valence-corrected chi connectivity index (χ3v) is 7.13. The van der Waals surface area contributed by atoms with E-state index < -0.39 is 32.4 Å². The number of aliphatic carboxylic acids is 1. The van der Waals surface area contributed by atoms with Crippen LogP contribution in [0, 0.1) is 12.3 Å². The molecule has 0 aromatic heterocycles. The van der Waals surface area contributed by atoms with E-state index in [1.165, 1.54) is 12.1 Å². The fourth-order valence-corrected chi connectivity index (χ4v) is 5.84. The Hall–Kier alpha value is -2.18. The summed E-state index contributed by atoms with van der Waals surface area (Å²) in [4.78, 5) is 12.0. The lowest BCUT2D eigenvalue weighted by Crippen LogP contribution is -2.31. The molecule has 0 saturated heterocycles. The van der Waals surface area contributed by atoms with Gasteiger partial charge in [0.25, 0.3) is 0 Å². The Kier molecular flexibility index (Phi) is 3.97. The average molecular weight is 345 g/mol. The summed E-state index contributed by atoms with van der Waals surface area (Å²) in [7, 11) is -3.81. The van der Waals surface area contributed by atoms with Gasteiger partial charge in [-0.3, -0.25) is 4.79 Å². The van der Waals surface area contributed by atoms with E-state index in [1.54, 1.807) is 42.5 Å². The van der Waals surface area contributed by atoms with Crippen LogP contribution in [0.1, 0.15) is 17.0 Å². The highest BCUT2D eigenvalue weighted by molar-refractivity contribution is 7.92. The van der Waals surface area contributed by atoms with Gasteiger partial charge in [-0.15, -0.1) is 0 Å². The molecule has 1 fully saturated rings. The molecule has 0 unspecified atom stereocenters. The van der Waals surface area contributed by atoms with E-state index in [9.17, 15) is 18.3 Å². The number of nitrogens with two attached hydrogens (primary N) is 1. The van der Waals surface area contributed by atoms with Crippen LogP contribution in [0.15, 0.2) is 59.5 Å². The summed E-state index contributed by atoms with van der Waals surface area (Å²) < 4.78 is 26.1. The molecule has 0 aliphatic heterocycles. The molecule has 24 heavy (non-hydrogen) atoms. The summed E-state index contributed by atoms with van der Waals surface area (Å²) >= 11 is 0. The molecule has 1 saturated carbocycles. The average Bonchev–Trinajstić information content (AvgIpc) is 3.28. The van der Waals surface area contributed by atoms with Gasteiger partial charge in [0.15, 0.2) is 9.84 Å². The molecule has 0 spiro atoms. The van der Waals surface area contributed by atoms with Crippen LogP contribution in [0.5, 0.6) is 0 Å². The lowest BCUT2D eigenvalue weighted by atomic mass is 9.99. The summed E-state index contributed by atoms with van der Waals surface area (Å²) in [6.07, 6.45) is 0. The number of benzene rings is 2. The van der Waals surface area contributed by atoms with Crippen molar-refractivity contribution in [3.05, 3.63) is 65.7 Å². The Morgan fingerprint density at radius 2 is 1.71 bits per heavy atom.